The van der Waals surface area contributed by atoms with Crippen molar-refractivity contribution in [1.29, 1.82) is 0 Å². The highest BCUT2D eigenvalue weighted by Crippen LogP contribution is 2.31. The number of aromatic nitrogens is 4. The van der Waals surface area contributed by atoms with E-state index in [4.69, 9.17) is 0 Å². The lowest BCUT2D eigenvalue weighted by atomic mass is 10.0. The van der Waals surface area contributed by atoms with E-state index in [0.717, 1.165) is 47.4 Å². The van der Waals surface area contributed by atoms with Gasteiger partial charge in [0.05, 0.1) is 29.0 Å². The maximum absolute atomic E-state index is 13.1. The zero-order valence-electron chi connectivity index (χ0n) is 15.8. The Balaban J connectivity index is 1.70. The molecule has 3 aromatic heterocycles. The molecule has 28 heavy (non-hydrogen) atoms. The van der Waals surface area contributed by atoms with E-state index in [1.165, 1.54) is 0 Å². The van der Waals surface area contributed by atoms with Gasteiger partial charge in [-0.3, -0.25) is 4.79 Å². The fourth-order valence-electron chi connectivity index (χ4n) is 4.08. The summed E-state index contributed by atoms with van der Waals surface area (Å²) in [5, 5.41) is 19.7. The van der Waals surface area contributed by atoms with Gasteiger partial charge in [0.15, 0.2) is 5.65 Å². The van der Waals surface area contributed by atoms with Gasteiger partial charge in [0.1, 0.15) is 5.75 Å². The number of hydrogen-bond acceptors (Lipinski definition) is 5. The van der Waals surface area contributed by atoms with Crippen molar-refractivity contribution in [3.63, 3.8) is 0 Å². The summed E-state index contributed by atoms with van der Waals surface area (Å²) in [5.74, 6) is -0.00962. The van der Waals surface area contributed by atoms with E-state index in [1.807, 2.05) is 44.4 Å². The molecule has 1 fully saturated rings. The third kappa shape index (κ3) is 2.58. The van der Waals surface area contributed by atoms with Gasteiger partial charge in [0, 0.05) is 18.3 Å². The van der Waals surface area contributed by atoms with E-state index >= 15 is 0 Å². The van der Waals surface area contributed by atoms with Crippen molar-refractivity contribution >= 4 is 16.4 Å². The molecule has 5 rings (SSSR count). The van der Waals surface area contributed by atoms with Crippen molar-refractivity contribution in [2.24, 2.45) is 0 Å². The number of nitrogens with zero attached hydrogens (tertiary/aromatic N) is 4. The van der Waals surface area contributed by atoms with Crippen LogP contribution in [0.1, 0.15) is 23.7 Å². The number of nitrogens with one attached hydrogen (secondary N) is 1. The minimum Gasteiger partial charge on any atom is -0.507 e. The zero-order valence-corrected chi connectivity index (χ0v) is 15.8. The Hall–Kier alpha value is -3.19. The molecule has 2 N–H and O–H groups in total. The fraction of sp³-hybridized carbons (Fsp3) is 0.286. The van der Waals surface area contributed by atoms with Gasteiger partial charge in [-0.1, -0.05) is 0 Å². The first-order valence-electron chi connectivity index (χ1n) is 9.44. The summed E-state index contributed by atoms with van der Waals surface area (Å²) in [6, 6.07) is 7.46. The molecular formula is C21H21N5O2. The lowest BCUT2D eigenvalue weighted by Gasteiger charge is -2.16. The number of pyridine rings is 1. The molecule has 1 aliphatic heterocycles. The monoisotopic (exact) mass is 375 g/mol. The Bertz CT molecular complexity index is 1280. The molecule has 1 aliphatic rings. The molecule has 142 valence electrons. The summed E-state index contributed by atoms with van der Waals surface area (Å²) in [6.45, 7) is 5.57. The van der Waals surface area contributed by atoms with Crippen molar-refractivity contribution in [2.75, 3.05) is 13.1 Å². The Morgan fingerprint density at radius 1 is 1.21 bits per heavy atom. The summed E-state index contributed by atoms with van der Waals surface area (Å²) in [4.78, 5) is 17.5. The Morgan fingerprint density at radius 2 is 2.07 bits per heavy atom. The summed E-state index contributed by atoms with van der Waals surface area (Å²) in [7, 11) is 0. The van der Waals surface area contributed by atoms with Crippen LogP contribution in [0.5, 0.6) is 5.75 Å². The van der Waals surface area contributed by atoms with Gasteiger partial charge in [0.25, 0.3) is 5.56 Å². The average molecular weight is 375 g/mol. The van der Waals surface area contributed by atoms with Crippen LogP contribution >= 0.6 is 0 Å². The van der Waals surface area contributed by atoms with E-state index in [-0.39, 0.29) is 17.4 Å². The van der Waals surface area contributed by atoms with Crippen LogP contribution < -0.4 is 10.9 Å². The first-order valence-corrected chi connectivity index (χ1v) is 9.44. The van der Waals surface area contributed by atoms with Crippen LogP contribution in [0.3, 0.4) is 0 Å². The number of rotatable bonds is 2. The highest BCUT2D eigenvalue weighted by atomic mass is 16.3. The van der Waals surface area contributed by atoms with Crippen LogP contribution in [-0.4, -0.2) is 37.4 Å². The summed E-state index contributed by atoms with van der Waals surface area (Å²) in [5.41, 5.74) is 3.95. The fourth-order valence-corrected chi connectivity index (χ4v) is 4.08. The zero-order chi connectivity index (χ0) is 19.4. The first kappa shape index (κ1) is 16.9. The third-order valence-electron chi connectivity index (χ3n) is 5.49. The predicted molar refractivity (Wildman–Crippen MR) is 108 cm³/mol. The second-order valence-corrected chi connectivity index (χ2v) is 7.49. The molecule has 0 bridgehead atoms. The molecule has 1 saturated heterocycles. The first-order chi connectivity index (χ1) is 13.5. The molecule has 0 radical (unpaired) electrons. The molecule has 1 unspecified atom stereocenters. The Morgan fingerprint density at radius 3 is 2.86 bits per heavy atom. The van der Waals surface area contributed by atoms with Crippen LogP contribution in [0.4, 0.5) is 0 Å². The Kier molecular flexibility index (Phi) is 3.73. The lowest BCUT2D eigenvalue weighted by molar-refractivity contribution is 0.479. The topological polar surface area (TPSA) is 84.5 Å². The van der Waals surface area contributed by atoms with Crippen molar-refractivity contribution in [3.8, 4) is 17.0 Å². The van der Waals surface area contributed by atoms with Crippen molar-refractivity contribution in [3.05, 3.63) is 58.3 Å². The van der Waals surface area contributed by atoms with Gasteiger partial charge in [-0.25, -0.2) is 9.50 Å². The van der Waals surface area contributed by atoms with Crippen LogP contribution in [-0.2, 0) is 0 Å². The van der Waals surface area contributed by atoms with Gasteiger partial charge in [-0.15, -0.1) is 0 Å². The standard InChI is InChI=1S/C21H21N5O2/c1-12-10-25(15-5-6-22-9-15)21(28)20-16(12)7-14(8-18(20)27)17-3-4-19-23-13(2)11-26(19)24-17/h3-4,7-8,10-11,15,22,27H,5-6,9H2,1-2H3. The van der Waals surface area contributed by atoms with Crippen molar-refractivity contribution in [2.45, 2.75) is 26.3 Å². The van der Waals surface area contributed by atoms with E-state index in [9.17, 15) is 9.90 Å². The molecule has 1 atom stereocenters. The number of hydrogen-bond donors (Lipinski definition) is 2. The van der Waals surface area contributed by atoms with Gasteiger partial charge in [0.2, 0.25) is 0 Å². The number of fused-ring (bicyclic) bond motifs is 2. The maximum Gasteiger partial charge on any atom is 0.262 e. The third-order valence-corrected chi connectivity index (χ3v) is 5.49. The smallest absolute Gasteiger partial charge is 0.262 e. The molecule has 4 heterocycles. The Labute approximate surface area is 161 Å². The second-order valence-electron chi connectivity index (χ2n) is 7.49. The lowest BCUT2D eigenvalue weighted by Crippen LogP contribution is -2.26. The van der Waals surface area contributed by atoms with Gasteiger partial charge in [-0.05, 0) is 62.0 Å². The molecule has 1 aromatic carbocycles. The predicted octanol–water partition coefficient (Wildman–Crippen LogP) is 2.57. The maximum atomic E-state index is 13.1. The van der Waals surface area contributed by atoms with Gasteiger partial charge in [-0.2, -0.15) is 5.10 Å². The summed E-state index contributed by atoms with van der Waals surface area (Å²) >= 11 is 0. The van der Waals surface area contributed by atoms with E-state index in [0.29, 0.717) is 11.1 Å². The normalized spacial score (nSPS) is 17.0. The molecule has 0 aliphatic carbocycles. The molecule has 0 amide bonds. The van der Waals surface area contributed by atoms with Crippen LogP contribution in [0.15, 0.2) is 41.5 Å². The SMILES string of the molecule is Cc1cn2nc(-c3cc(O)c4c(=O)n(C5CCNC5)cc(C)c4c3)ccc2n1. The van der Waals surface area contributed by atoms with Crippen molar-refractivity contribution < 1.29 is 5.11 Å². The van der Waals surface area contributed by atoms with Crippen molar-refractivity contribution in [1.82, 2.24) is 24.5 Å². The quantitative estimate of drug-likeness (QED) is 0.563. The van der Waals surface area contributed by atoms with Crippen LogP contribution in [0, 0.1) is 13.8 Å². The molecule has 0 spiro atoms. The number of aromatic hydroxyl groups is 1. The highest BCUT2D eigenvalue weighted by molar-refractivity contribution is 5.93. The number of phenolic OH excluding ortho intramolecular Hbond substituents is 1. The largest absolute Gasteiger partial charge is 0.507 e. The van der Waals surface area contributed by atoms with E-state index in [1.54, 1.807) is 15.1 Å². The number of benzene rings is 1. The number of phenols is 1. The van der Waals surface area contributed by atoms with E-state index in [2.05, 4.69) is 15.4 Å². The summed E-state index contributed by atoms with van der Waals surface area (Å²) in [6.07, 6.45) is 4.68. The molecule has 7 nitrogen and oxygen atoms in total. The molecular weight excluding hydrogens is 354 g/mol. The van der Waals surface area contributed by atoms with Crippen LogP contribution in [0.2, 0.25) is 0 Å². The number of imidazole rings is 1. The van der Waals surface area contributed by atoms with Gasteiger partial charge < -0.3 is 15.0 Å². The number of aryl methyl sites for hydroxylation is 2. The average Bonchev–Trinajstić information content (AvgIpc) is 3.32. The van der Waals surface area contributed by atoms with E-state index < -0.39 is 0 Å². The van der Waals surface area contributed by atoms with Gasteiger partial charge >= 0.3 is 0 Å². The molecule has 0 saturated carbocycles. The molecule has 4 aromatic rings. The van der Waals surface area contributed by atoms with Crippen LogP contribution in [0.25, 0.3) is 27.7 Å². The second kappa shape index (κ2) is 6.17. The minimum absolute atomic E-state index is 0.00962. The summed E-state index contributed by atoms with van der Waals surface area (Å²) < 4.78 is 3.49. The minimum atomic E-state index is -0.146. The molecule has 7 heteroatoms. The highest BCUT2D eigenvalue weighted by Gasteiger charge is 2.21.